The molecule has 1 unspecified atom stereocenters. The van der Waals surface area contributed by atoms with Gasteiger partial charge in [-0.2, -0.15) is 0 Å². The van der Waals surface area contributed by atoms with Gasteiger partial charge in [0.05, 0.1) is 75.3 Å². The summed E-state index contributed by atoms with van der Waals surface area (Å²) < 4.78 is 52.2. The number of carboxylic acid groups (broad SMARTS) is 1. The molecule has 2 heterocycles. The number of hydrogen-bond acceptors (Lipinski definition) is 12. The zero-order valence-electron chi connectivity index (χ0n) is 34.3. The molecule has 13 heteroatoms. The fourth-order valence-corrected chi connectivity index (χ4v) is 8.19. The minimum absolute atomic E-state index is 0.0400. The second kappa shape index (κ2) is 17.5. The van der Waals surface area contributed by atoms with Crippen LogP contribution in [-0.4, -0.2) is 100 Å². The number of nitrogens with one attached hydrogen (secondary N) is 1. The Morgan fingerprint density at radius 1 is 0.667 bits per heavy atom. The van der Waals surface area contributed by atoms with E-state index in [9.17, 15) is 9.90 Å². The summed E-state index contributed by atoms with van der Waals surface area (Å²) in [7, 11) is 16.4. The molecule has 0 radical (unpaired) electrons. The number of rotatable bonds is 15. The molecule has 1 atom stereocenters. The molecule has 4 aromatic rings. The Morgan fingerprint density at radius 2 is 1.26 bits per heavy atom. The summed E-state index contributed by atoms with van der Waals surface area (Å²) in [4.78, 5) is 15.6. The normalized spacial score (nSPS) is 15.6. The zero-order valence-corrected chi connectivity index (χ0v) is 34.3. The van der Waals surface area contributed by atoms with Crippen LogP contribution in [0.25, 0.3) is 11.3 Å². The lowest BCUT2D eigenvalue weighted by Crippen LogP contribution is -2.34. The summed E-state index contributed by atoms with van der Waals surface area (Å²) in [5.41, 5.74) is 7.44. The smallest absolute Gasteiger partial charge is 0.338 e. The monoisotopic (exact) mass is 784 g/mol. The standard InChI is InChI=1S/C44H52N2O11/c1-46-16-14-28-31(23-37(53-6)43(57-10)41(28)55-8)32(46)18-27-21-35(51-4)34(50-3)20-26(27)17-25-11-12-29(42(56-9)40(25)54-7)38(44(47)48)39-30-22-36(52-5)33(49-2)19-24(30)13-15-45-39/h11-12,19-23,32,45H,13-18H2,1-10H3,(H,47,48)/b39-38-. The molecule has 2 aliphatic rings. The van der Waals surface area contributed by atoms with Gasteiger partial charge in [-0.05, 0) is 85.0 Å². The third-order valence-electron chi connectivity index (χ3n) is 11.0. The molecule has 2 aliphatic heterocycles. The van der Waals surface area contributed by atoms with Crippen LogP contribution in [0.4, 0.5) is 0 Å². The molecule has 0 aromatic heterocycles. The average molecular weight is 785 g/mol. The van der Waals surface area contributed by atoms with E-state index in [1.807, 2.05) is 30.3 Å². The first-order chi connectivity index (χ1) is 27.6. The third kappa shape index (κ3) is 7.51. The van der Waals surface area contributed by atoms with Crippen molar-refractivity contribution in [3.8, 4) is 51.7 Å². The number of aliphatic carboxylic acids is 1. The van der Waals surface area contributed by atoms with E-state index in [-0.39, 0.29) is 11.6 Å². The van der Waals surface area contributed by atoms with Crippen molar-refractivity contribution in [2.75, 3.05) is 84.1 Å². The van der Waals surface area contributed by atoms with Crippen molar-refractivity contribution < 1.29 is 52.5 Å². The molecular weight excluding hydrogens is 732 g/mol. The van der Waals surface area contributed by atoms with Crippen LogP contribution in [0.1, 0.15) is 50.5 Å². The van der Waals surface area contributed by atoms with Crippen LogP contribution in [-0.2, 0) is 30.5 Å². The highest BCUT2D eigenvalue weighted by Crippen LogP contribution is 2.48. The lowest BCUT2D eigenvalue weighted by molar-refractivity contribution is -0.130. The maximum absolute atomic E-state index is 13.2. The number of methoxy groups -OCH3 is 9. The van der Waals surface area contributed by atoms with Crippen molar-refractivity contribution in [2.45, 2.75) is 31.7 Å². The van der Waals surface area contributed by atoms with Crippen molar-refractivity contribution in [1.29, 1.82) is 0 Å². The Hall–Kier alpha value is -5.95. The van der Waals surface area contributed by atoms with Crippen LogP contribution in [0.5, 0.6) is 51.7 Å². The third-order valence-corrected chi connectivity index (χ3v) is 11.0. The second-order valence-corrected chi connectivity index (χ2v) is 13.8. The van der Waals surface area contributed by atoms with E-state index in [1.54, 1.807) is 69.0 Å². The number of fused-ring (bicyclic) bond motifs is 2. The van der Waals surface area contributed by atoms with Crippen LogP contribution in [0.15, 0.2) is 42.5 Å². The van der Waals surface area contributed by atoms with E-state index in [2.05, 4.69) is 17.3 Å². The number of carboxylic acids is 1. The minimum atomic E-state index is -1.13. The number of ether oxygens (including phenoxy) is 9. The number of carbonyl (C=O) groups is 1. The van der Waals surface area contributed by atoms with Gasteiger partial charge in [-0.25, -0.2) is 4.79 Å². The average Bonchev–Trinajstić information content (AvgIpc) is 3.23. The largest absolute Gasteiger partial charge is 0.493 e. The maximum atomic E-state index is 13.2. The summed E-state index contributed by atoms with van der Waals surface area (Å²) in [5.74, 6) is 3.69. The summed E-state index contributed by atoms with van der Waals surface area (Å²) in [6.45, 7) is 1.33. The first-order valence-electron chi connectivity index (χ1n) is 18.6. The van der Waals surface area contributed by atoms with Gasteiger partial charge in [0.1, 0.15) is 0 Å². The second-order valence-electron chi connectivity index (χ2n) is 13.8. The Labute approximate surface area is 333 Å². The number of likely N-dealkylation sites (N-methyl/N-ethyl adjacent to an activating group) is 1. The number of benzene rings is 4. The maximum Gasteiger partial charge on any atom is 0.338 e. The highest BCUT2D eigenvalue weighted by Gasteiger charge is 2.33. The molecule has 6 rings (SSSR count). The Kier molecular flexibility index (Phi) is 12.5. The van der Waals surface area contributed by atoms with E-state index >= 15 is 0 Å². The molecule has 304 valence electrons. The predicted octanol–water partition coefficient (Wildman–Crippen LogP) is 6.23. The molecule has 4 aromatic carbocycles. The molecular formula is C44H52N2O11. The molecule has 2 N–H and O–H groups in total. The predicted molar refractivity (Wildman–Crippen MR) is 216 cm³/mol. The lowest BCUT2D eigenvalue weighted by atomic mass is 9.85. The molecule has 0 aliphatic carbocycles. The Balaban J connectivity index is 1.48. The number of nitrogens with zero attached hydrogens (tertiary/aromatic N) is 1. The van der Waals surface area contributed by atoms with Gasteiger partial charge in [0, 0.05) is 47.8 Å². The summed E-state index contributed by atoms with van der Waals surface area (Å²) in [6, 6.07) is 13.4. The van der Waals surface area contributed by atoms with E-state index in [4.69, 9.17) is 42.6 Å². The van der Waals surface area contributed by atoms with E-state index in [0.717, 1.165) is 46.3 Å². The Morgan fingerprint density at radius 3 is 1.86 bits per heavy atom. The molecule has 0 saturated carbocycles. The van der Waals surface area contributed by atoms with Gasteiger partial charge in [0.15, 0.2) is 46.0 Å². The van der Waals surface area contributed by atoms with Crippen LogP contribution in [0.3, 0.4) is 0 Å². The highest BCUT2D eigenvalue weighted by atomic mass is 16.5. The Bertz CT molecular complexity index is 2180. The molecule has 0 fully saturated rings. The van der Waals surface area contributed by atoms with Gasteiger partial charge in [0.25, 0.3) is 0 Å². The SMILES string of the molecule is COc1cc(Cc2ccc(/C(C(=O)O)=C3/NCCc4cc(OC)c(OC)cc43)c(OC)c2OC)c(CC2c3cc(OC)c(OC)c(OC)c3CCN2C)cc1OC. The van der Waals surface area contributed by atoms with Crippen molar-refractivity contribution >= 4 is 17.2 Å². The van der Waals surface area contributed by atoms with Gasteiger partial charge in [0.2, 0.25) is 5.75 Å². The van der Waals surface area contributed by atoms with Crippen LogP contribution >= 0.6 is 0 Å². The first kappa shape index (κ1) is 40.7. The van der Waals surface area contributed by atoms with Crippen molar-refractivity contribution in [1.82, 2.24) is 10.2 Å². The van der Waals surface area contributed by atoms with E-state index in [1.165, 1.54) is 7.11 Å². The van der Waals surface area contributed by atoms with Crippen LogP contribution in [0.2, 0.25) is 0 Å². The lowest BCUT2D eigenvalue weighted by Gasteiger charge is -2.36. The van der Waals surface area contributed by atoms with Crippen LogP contribution in [0, 0.1) is 0 Å². The summed E-state index contributed by atoms with van der Waals surface area (Å²) in [5, 5.41) is 14.1. The van der Waals surface area contributed by atoms with E-state index < -0.39 is 5.97 Å². The quantitative estimate of drug-likeness (QED) is 0.132. The molecule has 13 nitrogen and oxygen atoms in total. The van der Waals surface area contributed by atoms with Crippen molar-refractivity contribution in [2.24, 2.45) is 0 Å². The fraction of sp³-hybridized carbons (Fsp3) is 0.386. The van der Waals surface area contributed by atoms with Gasteiger partial charge >= 0.3 is 5.97 Å². The molecule has 57 heavy (non-hydrogen) atoms. The van der Waals surface area contributed by atoms with Gasteiger partial charge in [-0.15, -0.1) is 0 Å². The minimum Gasteiger partial charge on any atom is -0.493 e. The van der Waals surface area contributed by atoms with Gasteiger partial charge in [-0.3, -0.25) is 4.90 Å². The summed E-state index contributed by atoms with van der Waals surface area (Å²) in [6.07, 6.45) is 2.48. The summed E-state index contributed by atoms with van der Waals surface area (Å²) >= 11 is 0. The first-order valence-corrected chi connectivity index (χ1v) is 18.6. The molecule has 0 spiro atoms. The van der Waals surface area contributed by atoms with Crippen LogP contribution < -0.4 is 47.9 Å². The molecule has 0 amide bonds. The van der Waals surface area contributed by atoms with Crippen molar-refractivity contribution in [3.63, 3.8) is 0 Å². The topological polar surface area (TPSA) is 136 Å². The molecule has 0 bridgehead atoms. The van der Waals surface area contributed by atoms with Crippen molar-refractivity contribution in [3.05, 3.63) is 87.0 Å². The zero-order chi connectivity index (χ0) is 41.0. The molecule has 0 saturated heterocycles. The number of hydrogen-bond donors (Lipinski definition) is 2. The van der Waals surface area contributed by atoms with E-state index in [0.29, 0.717) is 94.4 Å². The van der Waals surface area contributed by atoms with Gasteiger partial charge in [-0.1, -0.05) is 6.07 Å². The highest BCUT2D eigenvalue weighted by molar-refractivity contribution is 6.24. The van der Waals surface area contributed by atoms with Gasteiger partial charge < -0.3 is 53.1 Å². The fourth-order valence-electron chi connectivity index (χ4n) is 8.19.